The fourth-order valence-electron chi connectivity index (χ4n) is 6.20. The molecule has 2 heterocycles. The number of unbranched alkanes of at least 4 members (excludes halogenated alkanes) is 10. The zero-order valence-corrected chi connectivity index (χ0v) is 27.3. The van der Waals surface area contributed by atoms with Crippen molar-refractivity contribution in [1.82, 2.24) is 14.4 Å². The highest BCUT2D eigenvalue weighted by atomic mass is 19.1. The number of rotatable bonds is 16. The maximum absolute atomic E-state index is 15.0. The van der Waals surface area contributed by atoms with Crippen LogP contribution in [0.25, 0.3) is 16.9 Å². The molecule has 1 aliphatic rings. The van der Waals surface area contributed by atoms with E-state index in [1.165, 1.54) is 69.9 Å². The first-order chi connectivity index (χ1) is 21.8. The van der Waals surface area contributed by atoms with Gasteiger partial charge in [-0.1, -0.05) is 71.1 Å². The molecule has 0 saturated carbocycles. The highest BCUT2D eigenvalue weighted by molar-refractivity contribution is 5.97. The molecule has 4 rings (SSSR count). The van der Waals surface area contributed by atoms with E-state index in [0.29, 0.717) is 55.3 Å². The van der Waals surface area contributed by atoms with Crippen LogP contribution < -0.4 is 4.74 Å². The van der Waals surface area contributed by atoms with E-state index in [4.69, 9.17) is 4.74 Å². The van der Waals surface area contributed by atoms with Crippen molar-refractivity contribution < 1.29 is 23.1 Å². The molecule has 0 aliphatic carbocycles. The molecule has 0 radical (unpaired) electrons. The Kier molecular flexibility index (Phi) is 13.0. The van der Waals surface area contributed by atoms with E-state index in [1.807, 2.05) is 17.0 Å². The van der Waals surface area contributed by atoms with E-state index in [2.05, 4.69) is 6.92 Å². The summed E-state index contributed by atoms with van der Waals surface area (Å²) in [6, 6.07) is 12.5. The Morgan fingerprint density at radius 2 is 1.33 bits per heavy atom. The van der Waals surface area contributed by atoms with Gasteiger partial charge in [0, 0.05) is 44.4 Å². The van der Waals surface area contributed by atoms with Crippen LogP contribution in [-0.4, -0.2) is 59.5 Å². The summed E-state index contributed by atoms with van der Waals surface area (Å²) in [5.41, 5.74) is 2.55. The summed E-state index contributed by atoms with van der Waals surface area (Å²) in [5, 5.41) is 0. The number of piperazine rings is 1. The Labute approximate surface area is 267 Å². The van der Waals surface area contributed by atoms with E-state index in [0.717, 1.165) is 24.5 Å². The Bertz CT molecular complexity index is 1390. The highest BCUT2D eigenvalue weighted by Gasteiger charge is 2.28. The van der Waals surface area contributed by atoms with Crippen LogP contribution in [0.5, 0.6) is 5.75 Å². The second kappa shape index (κ2) is 17.1. The van der Waals surface area contributed by atoms with Crippen LogP contribution in [0, 0.1) is 18.6 Å². The van der Waals surface area contributed by atoms with Gasteiger partial charge in [-0.3, -0.25) is 9.59 Å². The molecule has 1 saturated heterocycles. The summed E-state index contributed by atoms with van der Waals surface area (Å²) in [6.07, 6.45) is 14.3. The smallest absolute Gasteiger partial charge is 0.255 e. The second-order valence-electron chi connectivity index (χ2n) is 12.1. The lowest BCUT2D eigenvalue weighted by Crippen LogP contribution is -2.50. The van der Waals surface area contributed by atoms with Crippen molar-refractivity contribution >= 4 is 11.8 Å². The normalized spacial score (nSPS) is 13.4. The lowest BCUT2D eigenvalue weighted by molar-refractivity contribution is -0.132. The summed E-state index contributed by atoms with van der Waals surface area (Å²) in [6.45, 7) is 5.90. The van der Waals surface area contributed by atoms with E-state index in [-0.39, 0.29) is 17.5 Å². The van der Waals surface area contributed by atoms with Gasteiger partial charge in [0.25, 0.3) is 5.91 Å². The third-order valence-corrected chi connectivity index (χ3v) is 8.93. The van der Waals surface area contributed by atoms with E-state index >= 15 is 4.39 Å². The fraction of sp³-hybridized carbons (Fsp3) is 0.514. The molecule has 1 aromatic heterocycles. The standard InChI is InChI=1S/C37H49F2N3O3/c1-4-5-6-7-8-9-10-11-12-13-14-15-36(43)40-22-24-41(25-23-40)37(44)32-27-35(29-16-19-31(45-3)20-17-29)42(28(32)2)34-21-18-30(38)26-33(34)39/h16-21,26-27H,4-15,22-25H2,1-3H3. The van der Waals surface area contributed by atoms with Gasteiger partial charge in [-0.05, 0) is 61.4 Å². The first kappa shape index (κ1) is 34.2. The van der Waals surface area contributed by atoms with Gasteiger partial charge in [0.15, 0.2) is 0 Å². The Hall–Kier alpha value is -3.68. The van der Waals surface area contributed by atoms with Gasteiger partial charge in [-0.25, -0.2) is 8.78 Å². The van der Waals surface area contributed by atoms with Crippen LogP contribution >= 0.6 is 0 Å². The van der Waals surface area contributed by atoms with Crippen LogP contribution in [0.1, 0.15) is 100 Å². The molecule has 45 heavy (non-hydrogen) atoms. The maximum Gasteiger partial charge on any atom is 0.255 e. The Morgan fingerprint density at radius 3 is 1.91 bits per heavy atom. The summed E-state index contributed by atoms with van der Waals surface area (Å²) >= 11 is 0. The van der Waals surface area contributed by atoms with E-state index in [1.54, 1.807) is 41.7 Å². The summed E-state index contributed by atoms with van der Waals surface area (Å²) in [5.74, 6) is -0.713. The molecule has 0 unspecified atom stereocenters. The highest BCUT2D eigenvalue weighted by Crippen LogP contribution is 2.32. The number of halogens is 2. The molecule has 8 heteroatoms. The van der Waals surface area contributed by atoms with Crippen LogP contribution in [0.15, 0.2) is 48.5 Å². The van der Waals surface area contributed by atoms with E-state index < -0.39 is 11.6 Å². The largest absolute Gasteiger partial charge is 0.497 e. The predicted octanol–water partition coefficient (Wildman–Crippen LogP) is 8.73. The maximum atomic E-state index is 15.0. The van der Waals surface area contributed by atoms with Crippen molar-refractivity contribution in [3.63, 3.8) is 0 Å². The molecule has 244 valence electrons. The average molecular weight is 622 g/mol. The first-order valence-corrected chi connectivity index (χ1v) is 16.7. The van der Waals surface area contributed by atoms with Crippen molar-refractivity contribution in [3.05, 3.63) is 71.4 Å². The number of carbonyl (C=O) groups excluding carboxylic acids is 2. The molecular weight excluding hydrogens is 572 g/mol. The van der Waals surface area contributed by atoms with Gasteiger partial charge in [0.1, 0.15) is 17.4 Å². The molecule has 6 nitrogen and oxygen atoms in total. The monoisotopic (exact) mass is 621 g/mol. The SMILES string of the molecule is CCCCCCCCCCCCCC(=O)N1CCN(C(=O)c2cc(-c3ccc(OC)cc3)n(-c3ccc(F)cc3F)c2C)CC1. The number of aromatic nitrogens is 1. The molecule has 0 spiro atoms. The second-order valence-corrected chi connectivity index (χ2v) is 12.1. The van der Waals surface area contributed by atoms with Gasteiger partial charge < -0.3 is 19.1 Å². The average Bonchev–Trinajstić information content (AvgIpc) is 3.39. The van der Waals surface area contributed by atoms with Crippen molar-refractivity contribution in [2.75, 3.05) is 33.3 Å². The first-order valence-electron chi connectivity index (χ1n) is 16.7. The molecule has 1 aliphatic heterocycles. The molecule has 3 aromatic rings. The van der Waals surface area contributed by atoms with Gasteiger partial charge in [-0.15, -0.1) is 0 Å². The van der Waals surface area contributed by atoms with Gasteiger partial charge in [0.2, 0.25) is 5.91 Å². The zero-order valence-electron chi connectivity index (χ0n) is 27.3. The molecule has 0 N–H and O–H groups in total. The van der Waals surface area contributed by atoms with Gasteiger partial charge in [-0.2, -0.15) is 0 Å². The minimum atomic E-state index is -0.715. The van der Waals surface area contributed by atoms with Gasteiger partial charge in [0.05, 0.1) is 24.1 Å². The number of nitrogens with zero attached hydrogens (tertiary/aromatic N) is 3. The van der Waals surface area contributed by atoms with Gasteiger partial charge >= 0.3 is 0 Å². The van der Waals surface area contributed by atoms with Crippen LogP contribution in [0.2, 0.25) is 0 Å². The third kappa shape index (κ3) is 9.18. The molecular formula is C37H49F2N3O3. The lowest BCUT2D eigenvalue weighted by Gasteiger charge is -2.35. The molecule has 2 amide bonds. The molecule has 0 bridgehead atoms. The quantitative estimate of drug-likeness (QED) is 0.150. The predicted molar refractivity (Wildman–Crippen MR) is 176 cm³/mol. The number of benzene rings is 2. The van der Waals surface area contributed by atoms with Crippen LogP contribution in [0.3, 0.4) is 0 Å². The molecule has 2 aromatic carbocycles. The zero-order chi connectivity index (χ0) is 32.2. The summed E-state index contributed by atoms with van der Waals surface area (Å²) in [7, 11) is 1.58. The molecule has 1 fully saturated rings. The number of hydrogen-bond acceptors (Lipinski definition) is 3. The van der Waals surface area contributed by atoms with E-state index in [9.17, 15) is 14.0 Å². The van der Waals surface area contributed by atoms with Crippen molar-refractivity contribution in [2.45, 2.75) is 90.9 Å². The fourth-order valence-corrected chi connectivity index (χ4v) is 6.20. The van der Waals surface area contributed by atoms with Crippen LogP contribution in [-0.2, 0) is 4.79 Å². The lowest BCUT2D eigenvalue weighted by atomic mass is 10.0. The summed E-state index contributed by atoms with van der Waals surface area (Å²) < 4.78 is 35.7. The number of amides is 2. The summed E-state index contributed by atoms with van der Waals surface area (Å²) in [4.78, 5) is 30.3. The van der Waals surface area contributed by atoms with Crippen molar-refractivity contribution in [1.29, 1.82) is 0 Å². The number of ether oxygens (including phenoxy) is 1. The number of hydrogen-bond donors (Lipinski definition) is 0. The number of carbonyl (C=O) groups is 2. The minimum Gasteiger partial charge on any atom is -0.497 e. The Morgan fingerprint density at radius 1 is 0.756 bits per heavy atom. The topological polar surface area (TPSA) is 54.8 Å². The van der Waals surface area contributed by atoms with Crippen LogP contribution in [0.4, 0.5) is 8.78 Å². The minimum absolute atomic E-state index is 0.161. The number of methoxy groups -OCH3 is 1. The third-order valence-electron chi connectivity index (χ3n) is 8.93. The Balaban J connectivity index is 1.33. The van der Waals surface area contributed by atoms with Crippen molar-refractivity contribution in [2.24, 2.45) is 0 Å². The van der Waals surface area contributed by atoms with Crippen molar-refractivity contribution in [3.8, 4) is 22.7 Å². The molecule has 0 atom stereocenters.